The van der Waals surface area contributed by atoms with E-state index in [1.165, 1.54) is 0 Å². The van der Waals surface area contributed by atoms with Gasteiger partial charge in [0, 0.05) is 0 Å². The van der Waals surface area contributed by atoms with Crippen molar-refractivity contribution in [2.45, 2.75) is 13.3 Å². The van der Waals surface area contributed by atoms with Crippen LogP contribution >= 0.6 is 0 Å². The summed E-state index contributed by atoms with van der Waals surface area (Å²) < 4.78 is 0. The minimum atomic E-state index is -1.08. The van der Waals surface area contributed by atoms with Crippen LogP contribution in [0, 0.1) is 12.3 Å². The number of hydrogen-bond acceptors (Lipinski definition) is 3. The average molecular weight is 155 g/mol. The molecule has 0 heterocycles. The Hall–Kier alpha value is -1.50. The summed E-state index contributed by atoms with van der Waals surface area (Å²) in [6.45, 7) is 1.67. The fourth-order valence-electron chi connectivity index (χ4n) is 0.402. The molecule has 0 unspecified atom stereocenters. The van der Waals surface area contributed by atoms with Gasteiger partial charge in [-0.15, -0.1) is 6.42 Å². The number of aliphatic carboxylic acids is 1. The molecule has 0 radical (unpaired) electrons. The Balaban J connectivity index is 3.93. The first-order valence-electron chi connectivity index (χ1n) is 3.08. The number of nitrogens with zero attached hydrogens (tertiary/aromatic N) is 1. The van der Waals surface area contributed by atoms with E-state index in [1.807, 2.05) is 0 Å². The molecule has 0 aliphatic rings. The van der Waals surface area contributed by atoms with Crippen molar-refractivity contribution in [3.63, 3.8) is 0 Å². The Morgan fingerprint density at radius 2 is 2.45 bits per heavy atom. The normalized spacial score (nSPS) is 10.4. The summed E-state index contributed by atoms with van der Waals surface area (Å²) in [5.41, 5.74) is -0.0275. The highest BCUT2D eigenvalue weighted by atomic mass is 16.6. The summed E-state index contributed by atoms with van der Waals surface area (Å²) in [5, 5.41) is 11.7. The topological polar surface area (TPSA) is 58.9 Å². The van der Waals surface area contributed by atoms with Gasteiger partial charge < -0.3 is 9.94 Å². The number of rotatable bonds is 4. The van der Waals surface area contributed by atoms with E-state index in [9.17, 15) is 4.79 Å². The maximum Gasteiger partial charge on any atom is 0.353 e. The molecule has 4 heteroatoms. The molecule has 4 nitrogen and oxygen atoms in total. The Bertz CT molecular complexity index is 202. The van der Waals surface area contributed by atoms with Crippen molar-refractivity contribution < 1.29 is 14.7 Å². The molecule has 0 saturated carbocycles. The highest BCUT2D eigenvalue weighted by molar-refractivity contribution is 6.35. The van der Waals surface area contributed by atoms with Gasteiger partial charge in [-0.2, -0.15) is 0 Å². The second kappa shape index (κ2) is 5.30. The molecule has 0 saturated heterocycles. The lowest BCUT2D eigenvalue weighted by atomic mass is 10.3. The van der Waals surface area contributed by atoms with Gasteiger partial charge in [0.05, 0.1) is 0 Å². The molecule has 0 atom stereocenters. The standard InChI is InChI=1S/C7H9NO3/c1-3-5-11-8-6(4-2)7(9)10/h1H,4-5H2,2H3,(H,9,10). The van der Waals surface area contributed by atoms with Crippen molar-refractivity contribution in [2.75, 3.05) is 6.61 Å². The molecule has 0 bridgehead atoms. The zero-order valence-corrected chi connectivity index (χ0v) is 6.20. The summed E-state index contributed by atoms with van der Waals surface area (Å²) >= 11 is 0. The average Bonchev–Trinajstić information content (AvgIpc) is 1.97. The second-order valence-corrected chi connectivity index (χ2v) is 1.67. The molecule has 1 N–H and O–H groups in total. The maximum absolute atomic E-state index is 10.3. The number of hydrogen-bond donors (Lipinski definition) is 1. The van der Waals surface area contributed by atoms with E-state index >= 15 is 0 Å². The van der Waals surface area contributed by atoms with E-state index < -0.39 is 5.97 Å². The number of terminal acetylenes is 1. The SMILES string of the molecule is C#CCON=C(CC)C(=O)O. The van der Waals surface area contributed by atoms with Crippen LogP contribution in [0.15, 0.2) is 5.16 Å². The fourth-order valence-corrected chi connectivity index (χ4v) is 0.402. The van der Waals surface area contributed by atoms with Crippen LogP contribution in [0.3, 0.4) is 0 Å². The lowest BCUT2D eigenvalue weighted by Gasteiger charge is -1.95. The number of carboxylic acid groups (broad SMARTS) is 1. The highest BCUT2D eigenvalue weighted by Crippen LogP contribution is 1.87. The fraction of sp³-hybridized carbons (Fsp3) is 0.429. The van der Waals surface area contributed by atoms with Crippen LogP contribution in [-0.4, -0.2) is 23.4 Å². The van der Waals surface area contributed by atoms with Crippen molar-refractivity contribution >= 4 is 11.7 Å². The first kappa shape index (κ1) is 9.50. The minimum Gasteiger partial charge on any atom is -0.477 e. The summed E-state index contributed by atoms with van der Waals surface area (Å²) in [7, 11) is 0. The summed E-state index contributed by atoms with van der Waals surface area (Å²) in [4.78, 5) is 14.7. The van der Waals surface area contributed by atoms with E-state index in [-0.39, 0.29) is 12.3 Å². The van der Waals surface area contributed by atoms with Gasteiger partial charge in [0.25, 0.3) is 0 Å². The minimum absolute atomic E-state index is 0.00319. The summed E-state index contributed by atoms with van der Waals surface area (Å²) in [6.07, 6.45) is 5.16. The van der Waals surface area contributed by atoms with E-state index in [4.69, 9.17) is 11.5 Å². The number of carboxylic acids is 1. The lowest BCUT2D eigenvalue weighted by Crippen LogP contribution is -2.12. The molecule has 0 aromatic rings. The molecule has 0 aromatic heterocycles. The summed E-state index contributed by atoms with van der Waals surface area (Å²) in [5.74, 6) is 1.08. The monoisotopic (exact) mass is 155 g/mol. The van der Waals surface area contributed by atoms with E-state index in [2.05, 4.69) is 15.9 Å². The van der Waals surface area contributed by atoms with Crippen molar-refractivity contribution in [3.05, 3.63) is 0 Å². The van der Waals surface area contributed by atoms with Gasteiger partial charge in [-0.3, -0.25) is 0 Å². The third-order valence-electron chi connectivity index (χ3n) is 0.904. The van der Waals surface area contributed by atoms with Crippen LogP contribution in [0.1, 0.15) is 13.3 Å². The Morgan fingerprint density at radius 1 is 1.82 bits per heavy atom. The van der Waals surface area contributed by atoms with E-state index in [0.29, 0.717) is 6.42 Å². The van der Waals surface area contributed by atoms with Crippen molar-refractivity contribution in [1.29, 1.82) is 0 Å². The summed E-state index contributed by atoms with van der Waals surface area (Å²) in [6, 6.07) is 0. The van der Waals surface area contributed by atoms with Gasteiger partial charge in [-0.05, 0) is 6.42 Å². The first-order chi connectivity index (χ1) is 5.22. The largest absolute Gasteiger partial charge is 0.477 e. The van der Waals surface area contributed by atoms with Crippen LogP contribution in [0.4, 0.5) is 0 Å². The Labute approximate surface area is 64.8 Å². The molecular weight excluding hydrogens is 146 g/mol. The molecule has 60 valence electrons. The molecule has 11 heavy (non-hydrogen) atoms. The quantitative estimate of drug-likeness (QED) is 0.278. The predicted molar refractivity (Wildman–Crippen MR) is 40.1 cm³/mol. The molecular formula is C7H9NO3. The van der Waals surface area contributed by atoms with Gasteiger partial charge in [-0.25, -0.2) is 4.79 Å². The molecule has 0 aliphatic heterocycles. The van der Waals surface area contributed by atoms with Crippen LogP contribution in [0.5, 0.6) is 0 Å². The predicted octanol–water partition coefficient (Wildman–Crippen LogP) is 0.487. The van der Waals surface area contributed by atoms with Crippen LogP contribution in [0.25, 0.3) is 0 Å². The van der Waals surface area contributed by atoms with Gasteiger partial charge in [0.15, 0.2) is 12.3 Å². The third-order valence-corrected chi connectivity index (χ3v) is 0.904. The number of oxime groups is 1. The van der Waals surface area contributed by atoms with E-state index in [0.717, 1.165) is 0 Å². The van der Waals surface area contributed by atoms with Crippen molar-refractivity contribution in [3.8, 4) is 12.3 Å². The van der Waals surface area contributed by atoms with Gasteiger partial charge in [0.1, 0.15) is 0 Å². The molecule has 0 amide bonds. The van der Waals surface area contributed by atoms with Gasteiger partial charge in [-0.1, -0.05) is 18.0 Å². The van der Waals surface area contributed by atoms with Crippen LogP contribution in [0.2, 0.25) is 0 Å². The molecule has 0 rings (SSSR count). The van der Waals surface area contributed by atoms with Gasteiger partial charge in [0.2, 0.25) is 0 Å². The maximum atomic E-state index is 10.3. The van der Waals surface area contributed by atoms with Crippen LogP contribution < -0.4 is 0 Å². The Kier molecular flexibility index (Phi) is 4.58. The van der Waals surface area contributed by atoms with E-state index in [1.54, 1.807) is 6.92 Å². The molecule has 0 aromatic carbocycles. The second-order valence-electron chi connectivity index (χ2n) is 1.67. The zero-order valence-electron chi connectivity index (χ0n) is 6.20. The van der Waals surface area contributed by atoms with Crippen molar-refractivity contribution in [2.24, 2.45) is 5.16 Å². The highest BCUT2D eigenvalue weighted by Gasteiger charge is 2.05. The molecule has 0 spiro atoms. The number of carbonyl (C=O) groups is 1. The lowest BCUT2D eigenvalue weighted by molar-refractivity contribution is -0.129. The zero-order chi connectivity index (χ0) is 8.69. The Morgan fingerprint density at radius 3 is 2.82 bits per heavy atom. The van der Waals surface area contributed by atoms with Gasteiger partial charge >= 0.3 is 5.97 Å². The third kappa shape index (κ3) is 3.98. The van der Waals surface area contributed by atoms with Crippen molar-refractivity contribution in [1.82, 2.24) is 0 Å². The smallest absolute Gasteiger partial charge is 0.353 e. The van der Waals surface area contributed by atoms with Crippen LogP contribution in [-0.2, 0) is 9.63 Å². The first-order valence-corrected chi connectivity index (χ1v) is 3.08. The molecule has 0 fully saturated rings. The molecule has 0 aliphatic carbocycles.